The summed E-state index contributed by atoms with van der Waals surface area (Å²) in [5.41, 5.74) is 3.67. The molecule has 0 spiro atoms. The van der Waals surface area contributed by atoms with Gasteiger partial charge in [0.1, 0.15) is 11.9 Å². The highest BCUT2D eigenvalue weighted by Gasteiger charge is 2.33. The molecule has 0 saturated carbocycles. The van der Waals surface area contributed by atoms with E-state index in [-0.39, 0.29) is 5.82 Å². The average molecular weight is 383 g/mol. The van der Waals surface area contributed by atoms with Crippen LogP contribution in [-0.2, 0) is 4.79 Å². The van der Waals surface area contributed by atoms with Crippen molar-refractivity contribution in [3.8, 4) is 11.3 Å². The lowest BCUT2D eigenvalue weighted by molar-refractivity contribution is -0.142. The number of halogens is 1. The number of hydrogen-bond donors (Lipinski definition) is 2. The van der Waals surface area contributed by atoms with Crippen molar-refractivity contribution in [2.45, 2.75) is 12.5 Å². The van der Waals surface area contributed by atoms with Gasteiger partial charge in [0.15, 0.2) is 5.82 Å². The zero-order chi connectivity index (χ0) is 19.7. The third-order valence-corrected chi connectivity index (χ3v) is 5.33. The molecule has 1 aromatic heterocycles. The lowest BCUT2D eigenvalue weighted by atomic mass is 9.96. The second kappa shape index (κ2) is 7.55. The fraction of sp³-hybridized carbons (Fsp3) is 0.350. The number of hydrogen-bond acceptors (Lipinski definition) is 5. The van der Waals surface area contributed by atoms with Gasteiger partial charge in [-0.3, -0.25) is 19.8 Å². The molecule has 2 aliphatic heterocycles. The molecule has 2 N–H and O–H groups in total. The number of rotatable bonds is 4. The lowest BCUT2D eigenvalue weighted by Gasteiger charge is -2.37. The van der Waals surface area contributed by atoms with Gasteiger partial charge in [0.25, 0.3) is 0 Å². The van der Waals surface area contributed by atoms with Crippen molar-refractivity contribution in [2.75, 3.05) is 38.1 Å². The molecule has 2 aliphatic rings. The van der Waals surface area contributed by atoms with Crippen molar-refractivity contribution < 1.29 is 14.3 Å². The summed E-state index contributed by atoms with van der Waals surface area (Å²) in [5.74, 6) is -0.398. The van der Waals surface area contributed by atoms with Crippen LogP contribution in [0.4, 0.5) is 10.2 Å². The maximum Gasteiger partial charge on any atom is 0.322 e. The molecule has 0 aliphatic carbocycles. The van der Waals surface area contributed by atoms with Crippen LogP contribution < -0.4 is 4.90 Å². The molecule has 1 atom stereocenters. The third kappa shape index (κ3) is 3.43. The van der Waals surface area contributed by atoms with E-state index in [1.165, 1.54) is 12.1 Å². The summed E-state index contributed by atoms with van der Waals surface area (Å²) in [5, 5.41) is 17.2. The zero-order valence-corrected chi connectivity index (χ0v) is 15.6. The SMILES string of the molecule is CN1CCN(c2n[nH]c(-c3ccc(F)cc3)c2C2=CC=NCC2)CC1C(=O)O. The molecule has 4 rings (SSSR count). The van der Waals surface area contributed by atoms with Crippen LogP contribution in [0.2, 0.25) is 0 Å². The summed E-state index contributed by atoms with van der Waals surface area (Å²) in [4.78, 5) is 19.7. The predicted molar refractivity (Wildman–Crippen MR) is 106 cm³/mol. The van der Waals surface area contributed by atoms with Crippen LogP contribution in [0.1, 0.15) is 12.0 Å². The molecule has 8 heteroatoms. The Hall–Kier alpha value is -3.00. The molecule has 1 unspecified atom stereocenters. The van der Waals surface area contributed by atoms with Gasteiger partial charge in [-0.1, -0.05) is 0 Å². The summed E-state index contributed by atoms with van der Waals surface area (Å²) in [6.45, 7) is 2.37. The first-order chi connectivity index (χ1) is 13.5. The molecular formula is C20H22FN5O2. The summed E-state index contributed by atoms with van der Waals surface area (Å²) in [6.07, 6.45) is 4.52. The number of carbonyl (C=O) groups is 1. The molecule has 1 fully saturated rings. The first kappa shape index (κ1) is 18.4. The number of benzene rings is 1. The smallest absolute Gasteiger partial charge is 0.322 e. The number of carboxylic acid groups (broad SMARTS) is 1. The van der Waals surface area contributed by atoms with Crippen molar-refractivity contribution >= 4 is 23.6 Å². The van der Waals surface area contributed by atoms with E-state index in [1.807, 2.05) is 22.9 Å². The minimum atomic E-state index is -0.841. The van der Waals surface area contributed by atoms with Gasteiger partial charge >= 0.3 is 5.97 Å². The second-order valence-corrected chi connectivity index (χ2v) is 7.08. The van der Waals surface area contributed by atoms with E-state index in [0.717, 1.165) is 34.6 Å². The number of anilines is 1. The van der Waals surface area contributed by atoms with Crippen LogP contribution in [0.3, 0.4) is 0 Å². The molecule has 0 radical (unpaired) electrons. The molecule has 146 valence electrons. The maximum atomic E-state index is 13.4. The van der Waals surface area contributed by atoms with Gasteiger partial charge in [-0.25, -0.2) is 4.39 Å². The number of aliphatic imine (C=N–C) groups is 1. The van der Waals surface area contributed by atoms with E-state index in [2.05, 4.69) is 15.2 Å². The fourth-order valence-electron chi connectivity index (χ4n) is 3.72. The number of piperazine rings is 1. The molecule has 28 heavy (non-hydrogen) atoms. The number of allylic oxidation sites excluding steroid dienone is 1. The van der Waals surface area contributed by atoms with E-state index < -0.39 is 12.0 Å². The van der Waals surface area contributed by atoms with E-state index in [9.17, 15) is 14.3 Å². The van der Waals surface area contributed by atoms with Gasteiger partial charge in [0.05, 0.1) is 5.69 Å². The number of carboxylic acids is 1. The van der Waals surface area contributed by atoms with Crippen LogP contribution in [0.5, 0.6) is 0 Å². The van der Waals surface area contributed by atoms with E-state index in [1.54, 1.807) is 18.3 Å². The van der Waals surface area contributed by atoms with Gasteiger partial charge in [0, 0.05) is 43.5 Å². The Bertz CT molecular complexity index is 935. The van der Waals surface area contributed by atoms with Crippen molar-refractivity contribution in [3.05, 3.63) is 41.7 Å². The van der Waals surface area contributed by atoms with Crippen LogP contribution >= 0.6 is 0 Å². The number of nitrogens with zero attached hydrogens (tertiary/aromatic N) is 4. The normalized spacial score (nSPS) is 20.3. The second-order valence-electron chi connectivity index (χ2n) is 7.08. The molecule has 0 bridgehead atoms. The number of dihydropyridines is 1. The number of H-pyrrole nitrogens is 1. The Morgan fingerprint density at radius 1 is 1.29 bits per heavy atom. The highest BCUT2D eigenvalue weighted by atomic mass is 19.1. The molecule has 0 amide bonds. The van der Waals surface area contributed by atoms with Crippen LogP contribution in [0.25, 0.3) is 16.8 Å². The standard InChI is InChI=1S/C20H22FN5O2/c1-25-10-11-26(12-16(25)20(27)28)19-17(13-6-8-22-9-7-13)18(23-24-19)14-2-4-15(21)5-3-14/h2-6,8,16H,7,9-12H2,1H3,(H,23,24)(H,27,28). The molecule has 7 nitrogen and oxygen atoms in total. The molecule has 2 aromatic rings. The van der Waals surface area contributed by atoms with Crippen molar-refractivity contribution in [1.82, 2.24) is 15.1 Å². The topological polar surface area (TPSA) is 84.8 Å². The van der Waals surface area contributed by atoms with Crippen molar-refractivity contribution in [2.24, 2.45) is 4.99 Å². The quantitative estimate of drug-likeness (QED) is 0.846. The van der Waals surface area contributed by atoms with Gasteiger partial charge in [-0.2, -0.15) is 5.10 Å². The monoisotopic (exact) mass is 383 g/mol. The van der Waals surface area contributed by atoms with Crippen LogP contribution in [0.15, 0.2) is 35.3 Å². The van der Waals surface area contributed by atoms with E-state index in [0.29, 0.717) is 26.2 Å². The van der Waals surface area contributed by atoms with E-state index >= 15 is 0 Å². The predicted octanol–water partition coefficient (Wildman–Crippen LogP) is 2.28. The minimum Gasteiger partial charge on any atom is -0.480 e. The number of aromatic nitrogens is 2. The molecule has 1 aromatic carbocycles. The van der Waals surface area contributed by atoms with Gasteiger partial charge in [-0.05, 0) is 49.4 Å². The highest BCUT2D eigenvalue weighted by molar-refractivity contribution is 5.94. The van der Waals surface area contributed by atoms with Crippen LogP contribution in [0, 0.1) is 5.82 Å². The van der Waals surface area contributed by atoms with E-state index in [4.69, 9.17) is 0 Å². The molecule has 3 heterocycles. The Labute approximate surface area is 162 Å². The molecular weight excluding hydrogens is 361 g/mol. The van der Waals surface area contributed by atoms with Crippen molar-refractivity contribution in [1.29, 1.82) is 0 Å². The highest BCUT2D eigenvalue weighted by Crippen LogP contribution is 2.37. The number of likely N-dealkylation sites (N-methyl/N-ethyl adjacent to an activating group) is 1. The lowest BCUT2D eigenvalue weighted by Crippen LogP contribution is -2.55. The maximum absolute atomic E-state index is 13.4. The summed E-state index contributed by atoms with van der Waals surface area (Å²) in [7, 11) is 1.83. The van der Waals surface area contributed by atoms with Crippen LogP contribution in [-0.4, -0.2) is 71.7 Å². The third-order valence-electron chi connectivity index (χ3n) is 5.33. The largest absolute Gasteiger partial charge is 0.480 e. The fourth-order valence-corrected chi connectivity index (χ4v) is 3.72. The first-order valence-electron chi connectivity index (χ1n) is 9.26. The summed E-state index contributed by atoms with van der Waals surface area (Å²) >= 11 is 0. The zero-order valence-electron chi connectivity index (χ0n) is 15.6. The Balaban J connectivity index is 1.77. The Morgan fingerprint density at radius 3 is 2.75 bits per heavy atom. The number of aliphatic carboxylic acids is 1. The molecule has 1 saturated heterocycles. The van der Waals surface area contributed by atoms with Gasteiger partial charge in [0.2, 0.25) is 0 Å². The average Bonchev–Trinajstić information content (AvgIpc) is 3.14. The number of nitrogens with one attached hydrogen (secondary N) is 1. The Morgan fingerprint density at radius 2 is 2.07 bits per heavy atom. The summed E-state index contributed by atoms with van der Waals surface area (Å²) in [6, 6.07) is 5.70. The minimum absolute atomic E-state index is 0.294. The summed E-state index contributed by atoms with van der Waals surface area (Å²) < 4.78 is 13.4. The number of aromatic amines is 1. The van der Waals surface area contributed by atoms with Gasteiger partial charge < -0.3 is 10.0 Å². The van der Waals surface area contributed by atoms with Crippen molar-refractivity contribution in [3.63, 3.8) is 0 Å². The van der Waals surface area contributed by atoms with Gasteiger partial charge in [-0.15, -0.1) is 0 Å². The first-order valence-corrected chi connectivity index (χ1v) is 9.26. The Kier molecular flexibility index (Phi) is 4.95.